The van der Waals surface area contributed by atoms with Crippen molar-refractivity contribution in [1.82, 2.24) is 4.90 Å². The van der Waals surface area contributed by atoms with E-state index >= 15 is 0 Å². The van der Waals surface area contributed by atoms with Gasteiger partial charge in [0, 0.05) is 29.7 Å². The molecule has 19 heavy (non-hydrogen) atoms. The van der Waals surface area contributed by atoms with E-state index in [1.165, 1.54) is 0 Å². The Hall–Kier alpha value is -1.11. The van der Waals surface area contributed by atoms with E-state index in [4.69, 9.17) is 15.2 Å². The number of halogens is 1. The molecule has 1 unspecified atom stereocenters. The number of amides is 1. The molecule has 1 fully saturated rings. The molecule has 6 heteroatoms. The van der Waals surface area contributed by atoms with Crippen LogP contribution < -0.4 is 10.5 Å². The summed E-state index contributed by atoms with van der Waals surface area (Å²) in [5, 5.41) is 0. The highest BCUT2D eigenvalue weighted by atomic mass is 79.9. The van der Waals surface area contributed by atoms with Crippen LogP contribution in [0.4, 0.5) is 0 Å². The van der Waals surface area contributed by atoms with E-state index in [9.17, 15) is 4.79 Å². The first-order chi connectivity index (χ1) is 9.13. The molecule has 1 atom stereocenters. The predicted octanol–water partition coefficient (Wildman–Crippen LogP) is 1.14. The first-order valence-electron chi connectivity index (χ1n) is 6.06. The van der Waals surface area contributed by atoms with Crippen LogP contribution in [0.2, 0.25) is 0 Å². The molecule has 1 aliphatic heterocycles. The van der Waals surface area contributed by atoms with Gasteiger partial charge in [-0.1, -0.05) is 15.9 Å². The van der Waals surface area contributed by atoms with Gasteiger partial charge < -0.3 is 20.1 Å². The largest absolute Gasteiger partial charge is 0.496 e. The summed E-state index contributed by atoms with van der Waals surface area (Å²) in [6, 6.07) is 5.75. The molecule has 0 aromatic heterocycles. The second-order valence-corrected chi connectivity index (χ2v) is 5.31. The lowest BCUT2D eigenvalue weighted by Crippen LogP contribution is -2.48. The summed E-state index contributed by atoms with van der Waals surface area (Å²) in [7, 11) is 1.62. The minimum Gasteiger partial charge on any atom is -0.496 e. The van der Waals surface area contributed by atoms with Gasteiger partial charge >= 0.3 is 0 Å². The smallest absolute Gasteiger partial charge is 0.248 e. The molecule has 1 aromatic carbocycles. The Kier molecular flexibility index (Phi) is 4.79. The van der Waals surface area contributed by atoms with Crippen molar-refractivity contribution in [3.05, 3.63) is 28.2 Å². The second-order valence-electron chi connectivity index (χ2n) is 4.40. The van der Waals surface area contributed by atoms with Crippen LogP contribution in [0.1, 0.15) is 5.56 Å². The normalized spacial score (nSPS) is 19.6. The number of carbonyl (C=O) groups excluding carboxylic acids is 1. The van der Waals surface area contributed by atoms with Crippen molar-refractivity contribution < 1.29 is 14.3 Å². The van der Waals surface area contributed by atoms with E-state index in [-0.39, 0.29) is 18.6 Å². The molecule has 2 N–H and O–H groups in total. The summed E-state index contributed by atoms with van der Waals surface area (Å²) in [4.78, 5) is 13.6. The molecule has 1 aromatic rings. The highest BCUT2D eigenvalue weighted by Gasteiger charge is 2.26. The highest BCUT2D eigenvalue weighted by molar-refractivity contribution is 9.10. The monoisotopic (exact) mass is 328 g/mol. The predicted molar refractivity (Wildman–Crippen MR) is 74.9 cm³/mol. The van der Waals surface area contributed by atoms with Gasteiger partial charge in [0.25, 0.3) is 0 Å². The molecule has 0 saturated carbocycles. The molecule has 0 aliphatic carbocycles. The molecular formula is C13H17BrN2O3. The molecule has 1 saturated heterocycles. The van der Waals surface area contributed by atoms with Gasteiger partial charge in [0.2, 0.25) is 5.91 Å². The van der Waals surface area contributed by atoms with E-state index in [0.717, 1.165) is 15.8 Å². The van der Waals surface area contributed by atoms with Crippen LogP contribution in [0.25, 0.3) is 0 Å². The number of hydrogen-bond acceptors (Lipinski definition) is 4. The summed E-state index contributed by atoms with van der Waals surface area (Å²) in [6.45, 7) is 1.53. The number of nitrogens with zero attached hydrogens (tertiary/aromatic N) is 1. The van der Waals surface area contributed by atoms with E-state index in [1.54, 1.807) is 12.0 Å². The maximum atomic E-state index is 11.9. The fourth-order valence-electron chi connectivity index (χ4n) is 2.05. The molecule has 2 rings (SSSR count). The summed E-state index contributed by atoms with van der Waals surface area (Å²) in [5.74, 6) is 0.749. The number of carbonyl (C=O) groups is 1. The Balaban J connectivity index is 2.15. The van der Waals surface area contributed by atoms with Crippen molar-refractivity contribution in [2.24, 2.45) is 5.73 Å². The Morgan fingerprint density at radius 2 is 2.37 bits per heavy atom. The van der Waals surface area contributed by atoms with Gasteiger partial charge in [-0.3, -0.25) is 4.79 Å². The fraction of sp³-hybridized carbons (Fsp3) is 0.462. The summed E-state index contributed by atoms with van der Waals surface area (Å²) in [5.41, 5.74) is 6.55. The van der Waals surface area contributed by atoms with Crippen molar-refractivity contribution in [3.63, 3.8) is 0 Å². The summed E-state index contributed by atoms with van der Waals surface area (Å²) >= 11 is 3.43. The van der Waals surface area contributed by atoms with Crippen LogP contribution >= 0.6 is 15.9 Å². The molecule has 104 valence electrons. The topological polar surface area (TPSA) is 64.8 Å². The van der Waals surface area contributed by atoms with Gasteiger partial charge in [-0.25, -0.2) is 0 Å². The van der Waals surface area contributed by atoms with E-state index in [2.05, 4.69) is 15.9 Å². The standard InChI is InChI=1S/C13H17BrN2O3/c1-18-12-3-2-10(14)4-9(12)6-16-7-11(5-15)19-8-13(16)17/h2-4,11H,5-8,15H2,1H3. The molecular weight excluding hydrogens is 312 g/mol. The highest BCUT2D eigenvalue weighted by Crippen LogP contribution is 2.25. The molecule has 5 nitrogen and oxygen atoms in total. The van der Waals surface area contributed by atoms with Crippen LogP contribution in [-0.2, 0) is 16.1 Å². The summed E-state index contributed by atoms with van der Waals surface area (Å²) in [6.07, 6.45) is -0.0872. The first-order valence-corrected chi connectivity index (χ1v) is 6.85. The summed E-state index contributed by atoms with van der Waals surface area (Å²) < 4.78 is 11.6. The molecule has 0 bridgehead atoms. The van der Waals surface area contributed by atoms with Crippen molar-refractivity contribution in [2.45, 2.75) is 12.6 Å². The molecule has 1 amide bonds. The molecule has 0 spiro atoms. The first kappa shape index (κ1) is 14.3. The molecule has 1 aliphatic rings. The average molecular weight is 329 g/mol. The zero-order chi connectivity index (χ0) is 13.8. The third kappa shape index (κ3) is 3.46. The SMILES string of the molecule is COc1ccc(Br)cc1CN1CC(CN)OCC1=O. The number of ether oxygens (including phenoxy) is 2. The van der Waals surface area contributed by atoms with Crippen LogP contribution in [0, 0.1) is 0 Å². The Bertz CT molecular complexity index is 467. The lowest BCUT2D eigenvalue weighted by atomic mass is 10.1. The van der Waals surface area contributed by atoms with Gasteiger partial charge in [0.05, 0.1) is 13.2 Å². The minimum absolute atomic E-state index is 0.0215. The minimum atomic E-state index is -0.0872. The number of rotatable bonds is 4. The molecule has 1 heterocycles. The average Bonchev–Trinajstić information content (AvgIpc) is 2.41. The lowest BCUT2D eigenvalue weighted by Gasteiger charge is -2.32. The van der Waals surface area contributed by atoms with Crippen molar-refractivity contribution in [2.75, 3.05) is 26.8 Å². The zero-order valence-electron chi connectivity index (χ0n) is 10.8. The van der Waals surface area contributed by atoms with Crippen molar-refractivity contribution in [1.29, 1.82) is 0 Å². The van der Waals surface area contributed by atoms with Crippen LogP contribution in [0.3, 0.4) is 0 Å². The van der Waals surface area contributed by atoms with Gasteiger partial charge in [-0.15, -0.1) is 0 Å². The lowest BCUT2D eigenvalue weighted by molar-refractivity contribution is -0.149. The number of nitrogens with two attached hydrogens (primary N) is 1. The van der Waals surface area contributed by atoms with Gasteiger partial charge in [0.1, 0.15) is 12.4 Å². The van der Waals surface area contributed by atoms with Gasteiger partial charge in [-0.05, 0) is 18.2 Å². The Morgan fingerprint density at radius 3 is 3.05 bits per heavy atom. The fourth-order valence-corrected chi connectivity index (χ4v) is 2.46. The number of methoxy groups -OCH3 is 1. The maximum Gasteiger partial charge on any atom is 0.248 e. The number of morpholine rings is 1. The van der Waals surface area contributed by atoms with Crippen molar-refractivity contribution >= 4 is 21.8 Å². The van der Waals surface area contributed by atoms with E-state index in [1.807, 2.05) is 18.2 Å². The Morgan fingerprint density at radius 1 is 1.58 bits per heavy atom. The zero-order valence-corrected chi connectivity index (χ0v) is 12.4. The Labute approximate surface area is 120 Å². The second kappa shape index (κ2) is 6.36. The van der Waals surface area contributed by atoms with Crippen LogP contribution in [-0.4, -0.2) is 43.7 Å². The van der Waals surface area contributed by atoms with Gasteiger partial charge in [0.15, 0.2) is 0 Å². The van der Waals surface area contributed by atoms with E-state index in [0.29, 0.717) is 19.6 Å². The van der Waals surface area contributed by atoms with Crippen LogP contribution in [0.5, 0.6) is 5.75 Å². The number of hydrogen-bond donors (Lipinski definition) is 1. The maximum absolute atomic E-state index is 11.9. The number of benzene rings is 1. The quantitative estimate of drug-likeness (QED) is 0.900. The molecule has 0 radical (unpaired) electrons. The third-order valence-corrected chi connectivity index (χ3v) is 3.58. The van der Waals surface area contributed by atoms with E-state index < -0.39 is 0 Å². The van der Waals surface area contributed by atoms with Gasteiger partial charge in [-0.2, -0.15) is 0 Å². The van der Waals surface area contributed by atoms with Crippen molar-refractivity contribution in [3.8, 4) is 5.75 Å². The third-order valence-electron chi connectivity index (χ3n) is 3.09. The van der Waals surface area contributed by atoms with Crippen LogP contribution in [0.15, 0.2) is 22.7 Å².